The molecular weight excluding hydrogens is 244 g/mol. The predicted octanol–water partition coefficient (Wildman–Crippen LogP) is 5.30. The molecule has 0 amide bonds. The van der Waals surface area contributed by atoms with Gasteiger partial charge in [0, 0.05) is 10.8 Å². The Hall–Kier alpha value is -1.51. The first-order valence-corrected chi connectivity index (χ1v) is 6.71. The zero-order chi connectivity index (χ0) is 11.7. The van der Waals surface area contributed by atoms with Crippen molar-refractivity contribution in [3.05, 3.63) is 63.8 Å². The molecule has 1 heterocycles. The summed E-state index contributed by atoms with van der Waals surface area (Å²) < 4.78 is 0.959. The van der Waals surface area contributed by atoms with Crippen molar-refractivity contribution in [2.45, 2.75) is 0 Å². The Labute approximate surface area is 109 Å². The van der Waals surface area contributed by atoms with Crippen LogP contribution in [0, 0.1) is 3.82 Å². The maximum absolute atomic E-state index is 5.38. The lowest BCUT2D eigenvalue weighted by atomic mass is 10.0. The topological polar surface area (TPSA) is 0 Å². The van der Waals surface area contributed by atoms with E-state index in [1.165, 1.54) is 21.9 Å². The van der Waals surface area contributed by atoms with Gasteiger partial charge in [-0.15, -0.1) is 11.3 Å². The van der Waals surface area contributed by atoms with E-state index in [1.54, 1.807) is 11.3 Å². The van der Waals surface area contributed by atoms with Crippen LogP contribution in [0.15, 0.2) is 60.0 Å². The highest BCUT2D eigenvalue weighted by molar-refractivity contribution is 7.73. The Morgan fingerprint density at radius 1 is 0.765 bits per heavy atom. The lowest BCUT2D eigenvalue weighted by Gasteiger charge is -2.05. The SMILES string of the molecule is S=c1scc(-c2ccccc2)c2ccccc12. The van der Waals surface area contributed by atoms with E-state index in [0.29, 0.717) is 0 Å². The van der Waals surface area contributed by atoms with E-state index in [4.69, 9.17) is 12.2 Å². The maximum Gasteiger partial charge on any atom is 0.0978 e. The van der Waals surface area contributed by atoms with Gasteiger partial charge in [0.05, 0.1) is 3.82 Å². The summed E-state index contributed by atoms with van der Waals surface area (Å²) in [5, 5.41) is 4.57. The van der Waals surface area contributed by atoms with Crippen molar-refractivity contribution in [1.82, 2.24) is 0 Å². The average molecular weight is 254 g/mol. The highest BCUT2D eigenvalue weighted by Gasteiger charge is 2.04. The van der Waals surface area contributed by atoms with Crippen molar-refractivity contribution in [3.63, 3.8) is 0 Å². The quantitative estimate of drug-likeness (QED) is 0.531. The van der Waals surface area contributed by atoms with Gasteiger partial charge in [0.25, 0.3) is 0 Å². The third-order valence-corrected chi connectivity index (χ3v) is 4.10. The van der Waals surface area contributed by atoms with Gasteiger partial charge in [0.1, 0.15) is 0 Å². The van der Waals surface area contributed by atoms with Gasteiger partial charge in [-0.2, -0.15) is 0 Å². The van der Waals surface area contributed by atoms with E-state index in [1.807, 2.05) is 12.1 Å². The van der Waals surface area contributed by atoms with Crippen molar-refractivity contribution >= 4 is 34.3 Å². The molecule has 82 valence electrons. The third-order valence-electron chi connectivity index (χ3n) is 2.81. The number of benzene rings is 2. The summed E-state index contributed by atoms with van der Waals surface area (Å²) in [6.07, 6.45) is 0. The Morgan fingerprint density at radius 3 is 2.18 bits per heavy atom. The van der Waals surface area contributed by atoms with Crippen LogP contribution in [-0.4, -0.2) is 0 Å². The van der Waals surface area contributed by atoms with Gasteiger partial charge in [0.15, 0.2) is 0 Å². The average Bonchev–Trinajstić information content (AvgIpc) is 2.41. The van der Waals surface area contributed by atoms with Crippen LogP contribution in [0.1, 0.15) is 0 Å². The van der Waals surface area contributed by atoms with Crippen molar-refractivity contribution in [2.75, 3.05) is 0 Å². The summed E-state index contributed by atoms with van der Waals surface area (Å²) in [7, 11) is 0. The Kier molecular flexibility index (Phi) is 2.75. The molecule has 0 unspecified atom stereocenters. The van der Waals surface area contributed by atoms with Gasteiger partial charge in [-0.25, -0.2) is 0 Å². The van der Waals surface area contributed by atoms with E-state index in [9.17, 15) is 0 Å². The number of rotatable bonds is 1. The lowest BCUT2D eigenvalue weighted by Crippen LogP contribution is -1.79. The van der Waals surface area contributed by atoms with Crippen LogP contribution >= 0.6 is 23.6 Å². The van der Waals surface area contributed by atoms with E-state index in [2.05, 4.69) is 47.8 Å². The van der Waals surface area contributed by atoms with Crippen molar-refractivity contribution in [3.8, 4) is 11.1 Å². The van der Waals surface area contributed by atoms with Crippen LogP contribution in [0.4, 0.5) is 0 Å². The molecule has 0 N–H and O–H groups in total. The largest absolute Gasteiger partial charge is 0.131 e. The van der Waals surface area contributed by atoms with Crippen LogP contribution < -0.4 is 0 Å². The summed E-state index contributed by atoms with van der Waals surface area (Å²) in [4.78, 5) is 0. The van der Waals surface area contributed by atoms with E-state index >= 15 is 0 Å². The molecule has 0 aliphatic heterocycles. The summed E-state index contributed by atoms with van der Waals surface area (Å²) in [6, 6.07) is 18.8. The van der Waals surface area contributed by atoms with Gasteiger partial charge < -0.3 is 0 Å². The predicted molar refractivity (Wildman–Crippen MR) is 78.1 cm³/mol. The molecule has 0 atom stereocenters. The monoisotopic (exact) mass is 254 g/mol. The van der Waals surface area contributed by atoms with E-state index in [0.717, 1.165) is 3.82 Å². The minimum atomic E-state index is 0.959. The zero-order valence-corrected chi connectivity index (χ0v) is 10.7. The maximum atomic E-state index is 5.38. The van der Waals surface area contributed by atoms with Gasteiger partial charge in [0.2, 0.25) is 0 Å². The minimum absolute atomic E-state index is 0.959. The van der Waals surface area contributed by atoms with Gasteiger partial charge >= 0.3 is 0 Å². The summed E-state index contributed by atoms with van der Waals surface area (Å²) >= 11 is 7.01. The van der Waals surface area contributed by atoms with Crippen molar-refractivity contribution < 1.29 is 0 Å². The van der Waals surface area contributed by atoms with Crippen molar-refractivity contribution in [1.29, 1.82) is 0 Å². The molecule has 3 rings (SSSR count). The Bertz CT molecular complexity index is 712. The Balaban J connectivity index is 2.39. The molecule has 3 aromatic rings. The molecule has 0 saturated carbocycles. The smallest absolute Gasteiger partial charge is 0.0978 e. The molecular formula is C15H10S2. The standard InChI is InChI=1S/C15H10S2/c16-15-13-9-5-4-8-12(13)14(10-17-15)11-6-2-1-3-7-11/h1-10H. The molecule has 0 bridgehead atoms. The van der Waals surface area contributed by atoms with Crippen LogP contribution in [0.25, 0.3) is 21.9 Å². The summed E-state index contributed by atoms with van der Waals surface area (Å²) in [5.74, 6) is 0. The van der Waals surface area contributed by atoms with Gasteiger partial charge in [-0.3, -0.25) is 0 Å². The summed E-state index contributed by atoms with van der Waals surface area (Å²) in [5.41, 5.74) is 2.51. The molecule has 0 spiro atoms. The van der Waals surface area contributed by atoms with Crippen LogP contribution in [0.3, 0.4) is 0 Å². The second-order valence-electron chi connectivity index (χ2n) is 3.85. The number of fused-ring (bicyclic) bond motifs is 1. The molecule has 17 heavy (non-hydrogen) atoms. The van der Waals surface area contributed by atoms with Crippen LogP contribution in [0.2, 0.25) is 0 Å². The molecule has 2 heteroatoms. The number of hydrogen-bond acceptors (Lipinski definition) is 2. The minimum Gasteiger partial charge on any atom is -0.131 e. The first-order valence-electron chi connectivity index (χ1n) is 5.42. The first-order chi connectivity index (χ1) is 8.36. The molecule has 0 aliphatic carbocycles. The first kappa shape index (κ1) is 10.6. The molecule has 0 aliphatic rings. The normalized spacial score (nSPS) is 10.6. The second kappa shape index (κ2) is 4.40. The molecule has 0 nitrogen and oxygen atoms in total. The fourth-order valence-corrected chi connectivity index (χ4v) is 3.09. The van der Waals surface area contributed by atoms with Crippen LogP contribution in [0.5, 0.6) is 0 Å². The molecule has 1 aromatic heterocycles. The summed E-state index contributed by atoms with van der Waals surface area (Å²) in [6.45, 7) is 0. The molecule has 0 fully saturated rings. The van der Waals surface area contributed by atoms with Gasteiger partial charge in [-0.05, 0) is 16.5 Å². The second-order valence-corrected chi connectivity index (χ2v) is 5.39. The highest BCUT2D eigenvalue weighted by Crippen LogP contribution is 2.31. The fourth-order valence-electron chi connectivity index (χ4n) is 1.98. The van der Waals surface area contributed by atoms with E-state index < -0.39 is 0 Å². The molecule has 0 saturated heterocycles. The fraction of sp³-hybridized carbons (Fsp3) is 0. The van der Waals surface area contributed by atoms with E-state index in [-0.39, 0.29) is 0 Å². The Morgan fingerprint density at radius 2 is 1.41 bits per heavy atom. The highest BCUT2D eigenvalue weighted by atomic mass is 32.1. The third kappa shape index (κ3) is 1.90. The molecule has 0 radical (unpaired) electrons. The molecule has 2 aromatic carbocycles. The van der Waals surface area contributed by atoms with Gasteiger partial charge in [-0.1, -0.05) is 66.8 Å². The zero-order valence-electron chi connectivity index (χ0n) is 9.09. The number of hydrogen-bond donors (Lipinski definition) is 0. The van der Waals surface area contributed by atoms with Crippen LogP contribution in [-0.2, 0) is 0 Å². The van der Waals surface area contributed by atoms with Crippen molar-refractivity contribution in [2.24, 2.45) is 0 Å². The lowest BCUT2D eigenvalue weighted by molar-refractivity contribution is 1.68.